The van der Waals surface area contributed by atoms with Crippen LogP contribution in [0, 0.1) is 5.82 Å². The second-order valence-electron chi connectivity index (χ2n) is 6.26. The van der Waals surface area contributed by atoms with Gasteiger partial charge in [-0.1, -0.05) is 49.2 Å². The Bertz CT molecular complexity index is 723. The molecule has 0 radical (unpaired) electrons. The van der Waals surface area contributed by atoms with Crippen LogP contribution in [-0.4, -0.2) is 13.0 Å². The lowest BCUT2D eigenvalue weighted by Crippen LogP contribution is -2.42. The molecule has 1 aliphatic carbocycles. The maximum atomic E-state index is 14.3. The summed E-state index contributed by atoms with van der Waals surface area (Å²) in [5.74, 6) is 0.340. The van der Waals surface area contributed by atoms with Gasteiger partial charge in [-0.25, -0.2) is 4.39 Å². The molecule has 2 aromatic rings. The van der Waals surface area contributed by atoms with Crippen LogP contribution in [-0.2, 0) is 16.8 Å². The third-order valence-corrected chi connectivity index (χ3v) is 4.91. The second kappa shape index (κ2) is 7.04. The number of halogens is 1. The monoisotopic (exact) mass is 327 g/mol. The predicted octanol–water partition coefficient (Wildman–Crippen LogP) is 3.96. The molecule has 4 heteroatoms. The van der Waals surface area contributed by atoms with Crippen LogP contribution < -0.4 is 10.1 Å². The van der Waals surface area contributed by atoms with E-state index in [1.807, 2.05) is 24.3 Å². The molecular weight excluding hydrogens is 305 g/mol. The molecule has 1 N–H and O–H groups in total. The molecule has 1 fully saturated rings. The molecule has 1 saturated carbocycles. The lowest BCUT2D eigenvalue weighted by molar-refractivity contribution is -0.126. The molecule has 126 valence electrons. The van der Waals surface area contributed by atoms with Crippen molar-refractivity contribution in [2.45, 2.75) is 37.6 Å². The molecule has 24 heavy (non-hydrogen) atoms. The van der Waals surface area contributed by atoms with Crippen molar-refractivity contribution >= 4 is 5.91 Å². The van der Waals surface area contributed by atoms with E-state index in [1.54, 1.807) is 25.3 Å². The molecule has 0 aromatic heterocycles. The number of hydrogen-bond donors (Lipinski definition) is 1. The minimum atomic E-state index is -0.757. The Labute approximate surface area is 141 Å². The van der Waals surface area contributed by atoms with E-state index in [9.17, 15) is 9.18 Å². The Morgan fingerprint density at radius 2 is 1.79 bits per heavy atom. The third-order valence-electron chi connectivity index (χ3n) is 4.91. The van der Waals surface area contributed by atoms with Gasteiger partial charge >= 0.3 is 0 Å². The number of benzene rings is 2. The summed E-state index contributed by atoms with van der Waals surface area (Å²) in [6.45, 7) is 0.374. The molecule has 1 amide bonds. The van der Waals surface area contributed by atoms with Gasteiger partial charge in [0.25, 0.3) is 0 Å². The summed E-state index contributed by atoms with van der Waals surface area (Å²) in [7, 11) is 1.61. The minimum absolute atomic E-state index is 0.101. The van der Waals surface area contributed by atoms with Gasteiger partial charge in [-0.3, -0.25) is 4.79 Å². The number of carbonyl (C=O) groups excluding carboxylic acids is 1. The Hall–Kier alpha value is -2.36. The first kappa shape index (κ1) is 16.5. The molecule has 0 saturated heterocycles. The number of ether oxygens (including phenoxy) is 1. The lowest BCUT2D eigenvalue weighted by Gasteiger charge is -2.28. The van der Waals surface area contributed by atoms with E-state index < -0.39 is 5.41 Å². The minimum Gasteiger partial charge on any atom is -0.496 e. The van der Waals surface area contributed by atoms with Gasteiger partial charge in [-0.2, -0.15) is 0 Å². The molecule has 0 spiro atoms. The fraction of sp³-hybridized carbons (Fsp3) is 0.350. The van der Waals surface area contributed by atoms with Crippen LogP contribution >= 0.6 is 0 Å². The maximum Gasteiger partial charge on any atom is 0.231 e. The number of carbonyl (C=O) groups is 1. The Morgan fingerprint density at radius 3 is 2.50 bits per heavy atom. The summed E-state index contributed by atoms with van der Waals surface area (Å²) in [6, 6.07) is 14.2. The van der Waals surface area contributed by atoms with Crippen LogP contribution in [0.25, 0.3) is 0 Å². The third kappa shape index (κ3) is 3.01. The van der Waals surface area contributed by atoms with Crippen molar-refractivity contribution in [1.29, 1.82) is 0 Å². The summed E-state index contributed by atoms with van der Waals surface area (Å²) in [5.41, 5.74) is 0.669. The van der Waals surface area contributed by atoms with Gasteiger partial charge in [0.1, 0.15) is 11.6 Å². The van der Waals surface area contributed by atoms with Gasteiger partial charge in [0.2, 0.25) is 5.91 Å². The summed E-state index contributed by atoms with van der Waals surface area (Å²) in [6.07, 6.45) is 3.25. The molecular formula is C20H22FNO2. The number of rotatable bonds is 5. The summed E-state index contributed by atoms with van der Waals surface area (Å²) in [4.78, 5) is 13.0. The molecule has 0 unspecified atom stereocenters. The number of para-hydroxylation sites is 1. The molecule has 0 bridgehead atoms. The first-order valence-corrected chi connectivity index (χ1v) is 8.32. The average Bonchev–Trinajstić information content (AvgIpc) is 3.11. The lowest BCUT2D eigenvalue weighted by atomic mass is 9.77. The smallest absolute Gasteiger partial charge is 0.231 e. The molecule has 0 atom stereocenters. The number of methoxy groups -OCH3 is 1. The SMILES string of the molecule is COc1ccccc1CNC(=O)C1(c2ccccc2F)CCCC1. The molecule has 0 heterocycles. The fourth-order valence-electron chi connectivity index (χ4n) is 3.64. The number of nitrogens with one attached hydrogen (secondary N) is 1. The first-order valence-electron chi connectivity index (χ1n) is 8.32. The zero-order valence-corrected chi connectivity index (χ0v) is 13.8. The highest BCUT2D eigenvalue weighted by molar-refractivity contribution is 5.88. The average molecular weight is 327 g/mol. The molecule has 3 nitrogen and oxygen atoms in total. The maximum absolute atomic E-state index is 14.3. The van der Waals surface area contributed by atoms with E-state index in [0.29, 0.717) is 24.9 Å². The highest BCUT2D eigenvalue weighted by Gasteiger charge is 2.44. The van der Waals surface area contributed by atoms with Gasteiger partial charge in [0.15, 0.2) is 0 Å². The van der Waals surface area contributed by atoms with E-state index in [0.717, 1.165) is 24.2 Å². The summed E-state index contributed by atoms with van der Waals surface area (Å²) < 4.78 is 19.6. The van der Waals surface area contributed by atoms with E-state index in [4.69, 9.17) is 4.74 Å². The van der Waals surface area contributed by atoms with E-state index >= 15 is 0 Å². The molecule has 1 aliphatic rings. The first-order chi connectivity index (χ1) is 11.7. The van der Waals surface area contributed by atoms with E-state index in [2.05, 4.69) is 5.32 Å². The summed E-state index contributed by atoms with van der Waals surface area (Å²) >= 11 is 0. The van der Waals surface area contributed by atoms with Crippen molar-refractivity contribution < 1.29 is 13.9 Å². The Morgan fingerprint density at radius 1 is 1.12 bits per heavy atom. The molecule has 3 rings (SSSR count). The van der Waals surface area contributed by atoms with Crippen molar-refractivity contribution in [1.82, 2.24) is 5.32 Å². The van der Waals surface area contributed by atoms with Crippen LogP contribution in [0.5, 0.6) is 5.75 Å². The van der Waals surface area contributed by atoms with Gasteiger partial charge < -0.3 is 10.1 Å². The normalized spacial score (nSPS) is 15.9. The van der Waals surface area contributed by atoms with Crippen molar-refractivity contribution in [2.24, 2.45) is 0 Å². The Kier molecular flexibility index (Phi) is 4.84. The van der Waals surface area contributed by atoms with Gasteiger partial charge in [0, 0.05) is 17.7 Å². The summed E-state index contributed by atoms with van der Waals surface area (Å²) in [5, 5.41) is 3.00. The zero-order chi connectivity index (χ0) is 17.0. The number of hydrogen-bond acceptors (Lipinski definition) is 2. The van der Waals surface area contributed by atoms with Crippen LogP contribution in [0.1, 0.15) is 36.8 Å². The quantitative estimate of drug-likeness (QED) is 0.902. The topological polar surface area (TPSA) is 38.3 Å². The van der Waals surface area contributed by atoms with Crippen molar-refractivity contribution in [3.8, 4) is 5.75 Å². The predicted molar refractivity (Wildman–Crippen MR) is 91.4 cm³/mol. The Balaban J connectivity index is 1.82. The van der Waals surface area contributed by atoms with E-state index in [-0.39, 0.29) is 11.7 Å². The van der Waals surface area contributed by atoms with Gasteiger partial charge in [-0.05, 0) is 25.0 Å². The van der Waals surface area contributed by atoms with Crippen LogP contribution in [0.4, 0.5) is 4.39 Å². The van der Waals surface area contributed by atoms with Crippen molar-refractivity contribution in [3.05, 3.63) is 65.5 Å². The highest BCUT2D eigenvalue weighted by atomic mass is 19.1. The zero-order valence-electron chi connectivity index (χ0n) is 13.8. The second-order valence-corrected chi connectivity index (χ2v) is 6.26. The largest absolute Gasteiger partial charge is 0.496 e. The van der Waals surface area contributed by atoms with E-state index in [1.165, 1.54) is 6.07 Å². The van der Waals surface area contributed by atoms with Gasteiger partial charge in [-0.15, -0.1) is 0 Å². The van der Waals surface area contributed by atoms with Crippen LogP contribution in [0.2, 0.25) is 0 Å². The standard InChI is InChI=1S/C20H22FNO2/c1-24-18-11-5-2-8-15(18)14-22-19(23)20(12-6-7-13-20)16-9-3-4-10-17(16)21/h2-5,8-11H,6-7,12-14H2,1H3,(H,22,23). The van der Waals surface area contributed by atoms with Gasteiger partial charge in [0.05, 0.1) is 12.5 Å². The molecule has 0 aliphatic heterocycles. The van der Waals surface area contributed by atoms with Crippen molar-refractivity contribution in [3.63, 3.8) is 0 Å². The number of amides is 1. The van der Waals surface area contributed by atoms with Crippen molar-refractivity contribution in [2.75, 3.05) is 7.11 Å². The molecule has 2 aromatic carbocycles. The highest BCUT2D eigenvalue weighted by Crippen LogP contribution is 2.42. The van der Waals surface area contributed by atoms with Crippen LogP contribution in [0.3, 0.4) is 0 Å². The van der Waals surface area contributed by atoms with Crippen LogP contribution in [0.15, 0.2) is 48.5 Å². The fourth-order valence-corrected chi connectivity index (χ4v) is 3.64.